The van der Waals surface area contributed by atoms with Crippen molar-refractivity contribution in [3.8, 4) is 5.75 Å². The molecule has 33 heavy (non-hydrogen) atoms. The van der Waals surface area contributed by atoms with E-state index in [0.717, 1.165) is 13.1 Å². The zero-order chi connectivity index (χ0) is 23.6. The molecule has 0 aliphatic carbocycles. The third kappa shape index (κ3) is 4.71. The number of hydrogen-bond donors (Lipinski definition) is 0. The van der Waals surface area contributed by atoms with Crippen molar-refractivity contribution in [3.63, 3.8) is 0 Å². The number of aromatic nitrogens is 1. The molecule has 1 aliphatic rings. The maximum absolute atomic E-state index is 13.0. The smallest absolute Gasteiger partial charge is 0.255 e. The molecular formula is C25H27N3O4S. The molecular weight excluding hydrogens is 438 g/mol. The van der Waals surface area contributed by atoms with Crippen molar-refractivity contribution in [3.05, 3.63) is 77.5 Å². The number of carbonyl (C=O) groups is 1. The normalized spacial score (nSPS) is 14.3. The molecule has 1 aromatic heterocycles. The fourth-order valence-electron chi connectivity index (χ4n) is 3.93. The predicted molar refractivity (Wildman–Crippen MR) is 127 cm³/mol. The Morgan fingerprint density at radius 1 is 0.939 bits per heavy atom. The van der Waals surface area contributed by atoms with E-state index in [1.165, 1.54) is 54.4 Å². The van der Waals surface area contributed by atoms with Gasteiger partial charge in [-0.15, -0.1) is 0 Å². The Balaban J connectivity index is 1.44. The van der Waals surface area contributed by atoms with E-state index in [0.29, 0.717) is 24.4 Å². The predicted octanol–water partition coefficient (Wildman–Crippen LogP) is 3.50. The Morgan fingerprint density at radius 2 is 1.64 bits per heavy atom. The van der Waals surface area contributed by atoms with E-state index >= 15 is 0 Å². The number of hydrogen-bond acceptors (Lipinski definition) is 6. The molecule has 1 amide bonds. The summed E-state index contributed by atoms with van der Waals surface area (Å²) in [6.07, 6.45) is 1.34. The summed E-state index contributed by atoms with van der Waals surface area (Å²) in [5, 5.41) is -0.0936. The first kappa shape index (κ1) is 22.8. The van der Waals surface area contributed by atoms with Crippen LogP contribution >= 0.6 is 0 Å². The quantitative estimate of drug-likeness (QED) is 0.574. The summed E-state index contributed by atoms with van der Waals surface area (Å²) in [6, 6.07) is 15.4. The molecule has 7 nitrogen and oxygen atoms in total. The van der Waals surface area contributed by atoms with Crippen LogP contribution in [0.5, 0.6) is 5.75 Å². The Hall–Kier alpha value is -3.39. The highest BCUT2D eigenvalue weighted by Gasteiger charge is 2.25. The summed E-state index contributed by atoms with van der Waals surface area (Å²) in [4.78, 5) is 21.3. The first-order chi connectivity index (χ1) is 15.8. The fourth-order valence-corrected chi connectivity index (χ4v) is 5.11. The van der Waals surface area contributed by atoms with Crippen LogP contribution in [0.1, 0.15) is 21.5 Å². The highest BCUT2D eigenvalue weighted by Crippen LogP contribution is 2.24. The van der Waals surface area contributed by atoms with Crippen molar-refractivity contribution < 1.29 is 17.9 Å². The number of benzene rings is 2. The van der Waals surface area contributed by atoms with Gasteiger partial charge in [0.1, 0.15) is 5.75 Å². The molecule has 1 saturated heterocycles. The van der Waals surface area contributed by atoms with E-state index in [-0.39, 0.29) is 15.8 Å². The van der Waals surface area contributed by atoms with E-state index in [1.807, 2.05) is 0 Å². The standard InChI is InChI=1S/C25H27N3O4S/c1-18-4-5-19(2)23(16-18)27-12-14-28(15-13-27)25(29)20-6-11-24(26-17-20)33(30,31)22-9-7-21(32-3)8-10-22/h4-11,16-17H,12-15H2,1-3H3. The number of anilines is 1. The zero-order valence-corrected chi connectivity index (χ0v) is 19.8. The van der Waals surface area contributed by atoms with Gasteiger partial charge in [0.2, 0.25) is 9.84 Å². The van der Waals surface area contributed by atoms with E-state index in [9.17, 15) is 13.2 Å². The Kier molecular flexibility index (Phi) is 6.37. The second kappa shape index (κ2) is 9.23. The molecule has 0 N–H and O–H groups in total. The molecule has 0 saturated carbocycles. The van der Waals surface area contributed by atoms with Crippen LogP contribution in [-0.4, -0.2) is 57.5 Å². The van der Waals surface area contributed by atoms with Gasteiger partial charge < -0.3 is 14.5 Å². The van der Waals surface area contributed by atoms with Crippen LogP contribution in [0.25, 0.3) is 0 Å². The number of sulfone groups is 1. The summed E-state index contributed by atoms with van der Waals surface area (Å²) in [7, 11) is -2.26. The maximum atomic E-state index is 13.0. The molecule has 0 radical (unpaired) electrons. The summed E-state index contributed by atoms with van der Waals surface area (Å²) in [5.74, 6) is 0.428. The molecule has 0 bridgehead atoms. The van der Waals surface area contributed by atoms with Crippen LogP contribution in [-0.2, 0) is 9.84 Å². The minimum absolute atomic E-state index is 0.0936. The van der Waals surface area contributed by atoms with Crippen LogP contribution in [0.3, 0.4) is 0 Å². The van der Waals surface area contributed by atoms with Gasteiger partial charge in [0.25, 0.3) is 5.91 Å². The lowest BCUT2D eigenvalue weighted by Gasteiger charge is -2.37. The largest absolute Gasteiger partial charge is 0.497 e. The van der Waals surface area contributed by atoms with Crippen molar-refractivity contribution in [1.82, 2.24) is 9.88 Å². The highest BCUT2D eigenvalue weighted by atomic mass is 32.2. The van der Waals surface area contributed by atoms with Crippen molar-refractivity contribution in [2.45, 2.75) is 23.8 Å². The Morgan fingerprint density at radius 3 is 2.24 bits per heavy atom. The lowest BCUT2D eigenvalue weighted by molar-refractivity contribution is 0.0746. The van der Waals surface area contributed by atoms with Gasteiger partial charge in [-0.25, -0.2) is 13.4 Å². The molecule has 172 valence electrons. The monoisotopic (exact) mass is 465 g/mol. The summed E-state index contributed by atoms with van der Waals surface area (Å²) >= 11 is 0. The van der Waals surface area contributed by atoms with E-state index in [4.69, 9.17) is 4.74 Å². The second-order valence-corrected chi connectivity index (χ2v) is 10.0. The third-order valence-electron chi connectivity index (χ3n) is 5.90. The Labute approximate surface area is 194 Å². The first-order valence-electron chi connectivity index (χ1n) is 10.8. The van der Waals surface area contributed by atoms with Gasteiger partial charge in [-0.05, 0) is 67.4 Å². The lowest BCUT2D eigenvalue weighted by atomic mass is 10.1. The molecule has 0 atom stereocenters. The number of amides is 1. The average Bonchev–Trinajstić information content (AvgIpc) is 2.85. The van der Waals surface area contributed by atoms with Crippen molar-refractivity contribution >= 4 is 21.4 Å². The number of rotatable bonds is 5. The summed E-state index contributed by atoms with van der Waals surface area (Å²) in [5.41, 5.74) is 4.02. The number of methoxy groups -OCH3 is 1. The molecule has 3 aromatic rings. The number of pyridine rings is 1. The molecule has 0 unspecified atom stereocenters. The fraction of sp³-hybridized carbons (Fsp3) is 0.280. The number of carbonyl (C=O) groups excluding carboxylic acids is 1. The van der Waals surface area contributed by atoms with Crippen molar-refractivity contribution in [1.29, 1.82) is 0 Å². The van der Waals surface area contributed by atoms with Gasteiger partial charge in [0, 0.05) is 38.1 Å². The summed E-state index contributed by atoms with van der Waals surface area (Å²) in [6.45, 7) is 6.85. The lowest BCUT2D eigenvalue weighted by Crippen LogP contribution is -2.49. The van der Waals surface area contributed by atoms with Crippen molar-refractivity contribution in [2.75, 3.05) is 38.2 Å². The van der Waals surface area contributed by atoms with Gasteiger partial charge in [-0.2, -0.15) is 0 Å². The average molecular weight is 466 g/mol. The van der Waals surface area contributed by atoms with Gasteiger partial charge in [-0.1, -0.05) is 12.1 Å². The molecule has 4 rings (SSSR count). The third-order valence-corrected chi connectivity index (χ3v) is 7.59. The minimum Gasteiger partial charge on any atom is -0.497 e. The number of aryl methyl sites for hydroxylation is 2. The molecule has 2 heterocycles. The van der Waals surface area contributed by atoms with Gasteiger partial charge >= 0.3 is 0 Å². The van der Waals surface area contributed by atoms with E-state index in [2.05, 4.69) is 41.9 Å². The van der Waals surface area contributed by atoms with E-state index in [1.54, 1.807) is 17.0 Å². The topological polar surface area (TPSA) is 79.8 Å². The first-order valence-corrected chi connectivity index (χ1v) is 12.2. The number of ether oxygens (including phenoxy) is 1. The molecule has 8 heteroatoms. The maximum Gasteiger partial charge on any atom is 0.255 e. The number of piperazine rings is 1. The second-order valence-electron chi connectivity index (χ2n) is 8.13. The highest BCUT2D eigenvalue weighted by molar-refractivity contribution is 7.91. The van der Waals surface area contributed by atoms with Gasteiger partial charge in [-0.3, -0.25) is 4.79 Å². The molecule has 2 aromatic carbocycles. The van der Waals surface area contributed by atoms with Crippen LogP contribution in [0, 0.1) is 13.8 Å². The van der Waals surface area contributed by atoms with Crippen LogP contribution in [0.2, 0.25) is 0 Å². The van der Waals surface area contributed by atoms with Crippen LogP contribution in [0.15, 0.2) is 70.7 Å². The molecule has 0 spiro atoms. The molecule has 1 aliphatic heterocycles. The van der Waals surface area contributed by atoms with Crippen molar-refractivity contribution in [2.24, 2.45) is 0 Å². The summed E-state index contributed by atoms with van der Waals surface area (Å²) < 4.78 is 30.7. The van der Waals surface area contributed by atoms with Crippen LogP contribution < -0.4 is 9.64 Å². The van der Waals surface area contributed by atoms with E-state index < -0.39 is 9.84 Å². The van der Waals surface area contributed by atoms with Gasteiger partial charge in [0.15, 0.2) is 5.03 Å². The SMILES string of the molecule is COc1ccc(S(=O)(=O)c2ccc(C(=O)N3CCN(c4cc(C)ccc4C)CC3)cn2)cc1. The zero-order valence-electron chi connectivity index (χ0n) is 19.0. The Bertz CT molecular complexity index is 1250. The molecule has 1 fully saturated rings. The minimum atomic E-state index is -3.78. The van der Waals surface area contributed by atoms with Crippen LogP contribution in [0.4, 0.5) is 5.69 Å². The number of nitrogens with zero attached hydrogens (tertiary/aromatic N) is 3. The van der Waals surface area contributed by atoms with Gasteiger partial charge in [0.05, 0.1) is 17.6 Å².